The summed E-state index contributed by atoms with van der Waals surface area (Å²) >= 11 is 0. The fourth-order valence-corrected chi connectivity index (χ4v) is 2.73. The van der Waals surface area contributed by atoms with Crippen molar-refractivity contribution >= 4 is 5.97 Å². The van der Waals surface area contributed by atoms with Gasteiger partial charge in [0, 0.05) is 6.08 Å². The Hall–Kier alpha value is -2.75. The smallest absolute Gasteiger partial charge is 0.459 e. The van der Waals surface area contributed by atoms with Crippen molar-refractivity contribution in [3.63, 3.8) is 0 Å². The molecule has 138 valence electrons. The SMILES string of the molecule is N#C/C=C/C=C/C1CCC(OC(=O)c2ccc(OC(F)(F)F)cc2)CC1. The molecular formula is C19H18F3NO3. The summed E-state index contributed by atoms with van der Waals surface area (Å²) in [6.45, 7) is 0. The van der Waals surface area contributed by atoms with Gasteiger partial charge in [-0.2, -0.15) is 5.26 Å². The van der Waals surface area contributed by atoms with E-state index >= 15 is 0 Å². The molecule has 0 amide bonds. The summed E-state index contributed by atoms with van der Waals surface area (Å²) in [6, 6.07) is 6.58. The van der Waals surface area contributed by atoms with E-state index in [4.69, 9.17) is 10.00 Å². The maximum absolute atomic E-state index is 12.1. The van der Waals surface area contributed by atoms with Crippen molar-refractivity contribution < 1.29 is 27.4 Å². The molecule has 0 saturated heterocycles. The Bertz CT molecular complexity index is 694. The minimum atomic E-state index is -4.76. The highest BCUT2D eigenvalue weighted by Crippen LogP contribution is 2.28. The van der Waals surface area contributed by atoms with Crippen molar-refractivity contribution in [3.05, 3.63) is 54.1 Å². The number of rotatable bonds is 5. The van der Waals surface area contributed by atoms with Crippen LogP contribution in [-0.4, -0.2) is 18.4 Å². The van der Waals surface area contributed by atoms with Crippen LogP contribution >= 0.6 is 0 Å². The zero-order valence-corrected chi connectivity index (χ0v) is 13.9. The van der Waals surface area contributed by atoms with E-state index in [1.54, 1.807) is 6.08 Å². The highest BCUT2D eigenvalue weighted by molar-refractivity contribution is 5.89. The molecule has 2 rings (SSSR count). The van der Waals surface area contributed by atoms with Gasteiger partial charge in [0.1, 0.15) is 11.9 Å². The van der Waals surface area contributed by atoms with Gasteiger partial charge in [-0.3, -0.25) is 0 Å². The second kappa shape index (κ2) is 9.09. The molecule has 0 aliphatic heterocycles. The highest BCUT2D eigenvalue weighted by Gasteiger charge is 2.31. The van der Waals surface area contributed by atoms with Gasteiger partial charge < -0.3 is 9.47 Å². The van der Waals surface area contributed by atoms with E-state index in [1.807, 2.05) is 18.2 Å². The van der Waals surface area contributed by atoms with Crippen LogP contribution in [0.4, 0.5) is 13.2 Å². The van der Waals surface area contributed by atoms with Gasteiger partial charge in [-0.15, -0.1) is 13.2 Å². The number of esters is 1. The summed E-state index contributed by atoms with van der Waals surface area (Å²) in [4.78, 5) is 12.1. The quantitative estimate of drug-likeness (QED) is 0.421. The van der Waals surface area contributed by atoms with E-state index in [-0.39, 0.29) is 17.4 Å². The monoisotopic (exact) mass is 365 g/mol. The number of nitrogens with zero attached hydrogens (tertiary/aromatic N) is 1. The Morgan fingerprint density at radius 2 is 1.77 bits per heavy atom. The fourth-order valence-electron chi connectivity index (χ4n) is 2.73. The molecule has 1 fully saturated rings. The number of hydrogen-bond donors (Lipinski definition) is 0. The van der Waals surface area contributed by atoms with E-state index in [2.05, 4.69) is 4.74 Å². The molecule has 1 aliphatic rings. The van der Waals surface area contributed by atoms with Gasteiger partial charge in [0.2, 0.25) is 0 Å². The molecule has 0 heterocycles. The molecule has 1 aliphatic carbocycles. The molecule has 1 saturated carbocycles. The molecule has 1 aromatic carbocycles. The summed E-state index contributed by atoms with van der Waals surface area (Å²) in [5.74, 6) is -0.557. The third-order valence-corrected chi connectivity index (χ3v) is 3.98. The Kier molecular flexibility index (Phi) is 6.84. The van der Waals surface area contributed by atoms with Crippen molar-refractivity contribution in [3.8, 4) is 11.8 Å². The van der Waals surface area contributed by atoms with Gasteiger partial charge >= 0.3 is 12.3 Å². The van der Waals surface area contributed by atoms with Crippen LogP contribution in [-0.2, 0) is 4.74 Å². The molecule has 0 atom stereocenters. The lowest BCUT2D eigenvalue weighted by atomic mass is 9.87. The van der Waals surface area contributed by atoms with E-state index < -0.39 is 12.3 Å². The maximum Gasteiger partial charge on any atom is 0.573 e. The number of nitriles is 1. The van der Waals surface area contributed by atoms with Crippen LogP contribution in [0.3, 0.4) is 0 Å². The minimum Gasteiger partial charge on any atom is -0.459 e. The lowest BCUT2D eigenvalue weighted by Gasteiger charge is -2.26. The summed E-state index contributed by atoms with van der Waals surface area (Å²) in [7, 11) is 0. The number of benzene rings is 1. The van der Waals surface area contributed by atoms with Crippen molar-refractivity contribution in [1.29, 1.82) is 5.26 Å². The number of carbonyl (C=O) groups is 1. The number of carbonyl (C=O) groups excluding carboxylic acids is 1. The molecular weight excluding hydrogens is 347 g/mol. The summed E-state index contributed by atoms with van der Waals surface area (Å²) in [6.07, 6.45) is 5.16. The molecule has 26 heavy (non-hydrogen) atoms. The number of allylic oxidation sites excluding steroid dienone is 4. The van der Waals surface area contributed by atoms with Gasteiger partial charge in [0.25, 0.3) is 0 Å². The first-order valence-corrected chi connectivity index (χ1v) is 8.17. The number of halogens is 3. The molecule has 7 heteroatoms. The van der Waals surface area contributed by atoms with E-state index in [0.29, 0.717) is 5.92 Å². The van der Waals surface area contributed by atoms with Crippen molar-refractivity contribution in [2.24, 2.45) is 5.92 Å². The standard InChI is InChI=1S/C19H18F3NO3/c20-19(21,22)26-17-11-7-15(8-12-17)18(24)25-16-9-5-14(6-10-16)4-2-1-3-13-23/h1-4,7-8,11-12,14,16H,5-6,9-10H2/b3-1+,4-2+. The van der Waals surface area contributed by atoms with Gasteiger partial charge in [-0.1, -0.05) is 18.2 Å². The van der Waals surface area contributed by atoms with E-state index in [0.717, 1.165) is 37.8 Å². The zero-order valence-electron chi connectivity index (χ0n) is 13.9. The van der Waals surface area contributed by atoms with Crippen LogP contribution in [0.2, 0.25) is 0 Å². The van der Waals surface area contributed by atoms with Crippen molar-refractivity contribution in [1.82, 2.24) is 0 Å². The minimum absolute atomic E-state index is 0.184. The average Bonchev–Trinajstić information content (AvgIpc) is 2.59. The predicted molar refractivity (Wildman–Crippen MR) is 88.2 cm³/mol. The second-order valence-corrected chi connectivity index (χ2v) is 5.89. The Labute approximate surface area is 149 Å². The molecule has 0 bridgehead atoms. The van der Waals surface area contributed by atoms with Crippen LogP contribution in [0, 0.1) is 17.2 Å². The first-order valence-electron chi connectivity index (χ1n) is 8.17. The third-order valence-electron chi connectivity index (χ3n) is 3.98. The summed E-state index contributed by atoms with van der Waals surface area (Å²) in [5.41, 5.74) is 0.184. The van der Waals surface area contributed by atoms with Crippen LogP contribution in [0.1, 0.15) is 36.0 Å². The summed E-state index contributed by atoms with van der Waals surface area (Å²) in [5, 5.41) is 8.40. The van der Waals surface area contributed by atoms with Crippen molar-refractivity contribution in [2.45, 2.75) is 38.1 Å². The van der Waals surface area contributed by atoms with Crippen LogP contribution in [0.25, 0.3) is 0 Å². The molecule has 0 radical (unpaired) electrons. The Morgan fingerprint density at radius 3 is 2.35 bits per heavy atom. The van der Waals surface area contributed by atoms with E-state index in [1.165, 1.54) is 18.2 Å². The zero-order chi connectivity index (χ0) is 19.0. The predicted octanol–water partition coefficient (Wildman–Crippen LogP) is 4.94. The first-order chi connectivity index (χ1) is 12.4. The summed E-state index contributed by atoms with van der Waals surface area (Å²) < 4.78 is 45.6. The second-order valence-electron chi connectivity index (χ2n) is 5.89. The number of alkyl halides is 3. The largest absolute Gasteiger partial charge is 0.573 e. The van der Waals surface area contributed by atoms with Crippen LogP contribution < -0.4 is 4.74 Å². The molecule has 4 nitrogen and oxygen atoms in total. The molecule has 0 unspecified atom stereocenters. The van der Waals surface area contributed by atoms with Crippen LogP contribution in [0.5, 0.6) is 5.75 Å². The van der Waals surface area contributed by atoms with Crippen LogP contribution in [0.15, 0.2) is 48.6 Å². The lowest BCUT2D eigenvalue weighted by Crippen LogP contribution is -2.24. The number of hydrogen-bond acceptors (Lipinski definition) is 4. The molecule has 0 spiro atoms. The Morgan fingerprint density at radius 1 is 1.12 bits per heavy atom. The topological polar surface area (TPSA) is 59.3 Å². The first kappa shape index (κ1) is 19.6. The highest BCUT2D eigenvalue weighted by atomic mass is 19.4. The lowest BCUT2D eigenvalue weighted by molar-refractivity contribution is -0.274. The van der Waals surface area contributed by atoms with Gasteiger partial charge in [-0.25, -0.2) is 4.79 Å². The average molecular weight is 365 g/mol. The third kappa shape index (κ3) is 6.63. The maximum atomic E-state index is 12.1. The van der Waals surface area contributed by atoms with Crippen molar-refractivity contribution in [2.75, 3.05) is 0 Å². The van der Waals surface area contributed by atoms with Gasteiger partial charge in [-0.05, 0) is 55.9 Å². The van der Waals surface area contributed by atoms with Gasteiger partial charge in [0.05, 0.1) is 11.6 Å². The fraction of sp³-hybridized carbons (Fsp3) is 0.368. The normalized spacial score (nSPS) is 20.8. The molecule has 0 N–H and O–H groups in total. The Balaban J connectivity index is 1.81. The molecule has 0 aromatic heterocycles. The molecule has 1 aromatic rings. The van der Waals surface area contributed by atoms with E-state index in [9.17, 15) is 18.0 Å². The van der Waals surface area contributed by atoms with Gasteiger partial charge in [0.15, 0.2) is 0 Å². The number of ether oxygens (including phenoxy) is 2.